The molecule has 3 atom stereocenters. The van der Waals surface area contributed by atoms with Crippen molar-refractivity contribution in [1.29, 1.82) is 0 Å². The van der Waals surface area contributed by atoms with Crippen LogP contribution in [0.15, 0.2) is 42.5 Å². The first-order valence-electron chi connectivity index (χ1n) is 10.4. The third kappa shape index (κ3) is 2.82. The predicted molar refractivity (Wildman–Crippen MR) is 113 cm³/mol. The summed E-state index contributed by atoms with van der Waals surface area (Å²) in [7, 11) is 4.71. The molecule has 3 aliphatic rings. The van der Waals surface area contributed by atoms with E-state index in [1.807, 2.05) is 24.3 Å². The van der Waals surface area contributed by atoms with Crippen LogP contribution in [0.2, 0.25) is 0 Å². The molecule has 31 heavy (non-hydrogen) atoms. The number of para-hydroxylation sites is 1. The average molecular weight is 423 g/mol. The number of methoxy groups -OCH3 is 3. The van der Waals surface area contributed by atoms with Gasteiger partial charge in [0, 0.05) is 24.7 Å². The molecule has 3 saturated heterocycles. The second-order valence-electron chi connectivity index (χ2n) is 7.89. The van der Waals surface area contributed by atoms with E-state index in [9.17, 15) is 9.59 Å². The zero-order chi connectivity index (χ0) is 21.7. The Hall–Kier alpha value is -3.10. The number of fused-ring (bicyclic) bond motifs is 3. The SMILES string of the molecule is COc1ccc(N2C(=O)[C@@H]3[C@H](C2=O)N2CCCN2[C@H]3c2ccccc2OC)c(OC)c1. The first-order valence-corrected chi connectivity index (χ1v) is 10.4. The van der Waals surface area contributed by atoms with Crippen molar-refractivity contribution in [3.8, 4) is 17.2 Å². The van der Waals surface area contributed by atoms with Crippen molar-refractivity contribution in [2.45, 2.75) is 18.5 Å². The van der Waals surface area contributed by atoms with E-state index in [1.165, 1.54) is 12.0 Å². The number of ether oxygens (including phenoxy) is 3. The molecule has 0 aliphatic carbocycles. The molecule has 3 fully saturated rings. The van der Waals surface area contributed by atoms with Gasteiger partial charge in [-0.25, -0.2) is 14.9 Å². The lowest BCUT2D eigenvalue weighted by atomic mass is 9.89. The Bertz CT molecular complexity index is 1040. The maximum Gasteiger partial charge on any atom is 0.253 e. The zero-order valence-electron chi connectivity index (χ0n) is 17.8. The highest BCUT2D eigenvalue weighted by molar-refractivity contribution is 6.24. The molecule has 5 rings (SSSR count). The number of anilines is 1. The molecular formula is C23H25N3O5. The van der Waals surface area contributed by atoms with Gasteiger partial charge in [0.05, 0.1) is 39.0 Å². The highest BCUT2D eigenvalue weighted by Crippen LogP contribution is 2.51. The van der Waals surface area contributed by atoms with E-state index in [0.717, 1.165) is 30.8 Å². The Morgan fingerprint density at radius 2 is 1.52 bits per heavy atom. The first-order chi connectivity index (χ1) is 15.1. The van der Waals surface area contributed by atoms with Crippen molar-refractivity contribution in [1.82, 2.24) is 10.0 Å². The average Bonchev–Trinajstić information content (AvgIpc) is 3.45. The summed E-state index contributed by atoms with van der Waals surface area (Å²) in [5.74, 6) is 0.786. The summed E-state index contributed by atoms with van der Waals surface area (Å²) >= 11 is 0. The van der Waals surface area contributed by atoms with Gasteiger partial charge in [-0.3, -0.25) is 9.59 Å². The normalized spacial score (nSPS) is 25.6. The van der Waals surface area contributed by atoms with Gasteiger partial charge in [0.25, 0.3) is 5.91 Å². The maximum absolute atomic E-state index is 13.8. The molecule has 3 heterocycles. The van der Waals surface area contributed by atoms with Gasteiger partial charge in [-0.2, -0.15) is 0 Å². The van der Waals surface area contributed by atoms with Crippen molar-refractivity contribution in [3.63, 3.8) is 0 Å². The molecule has 3 aliphatic heterocycles. The van der Waals surface area contributed by atoms with E-state index < -0.39 is 12.0 Å². The third-order valence-corrected chi connectivity index (χ3v) is 6.49. The van der Waals surface area contributed by atoms with Gasteiger partial charge in [-0.1, -0.05) is 18.2 Å². The minimum absolute atomic E-state index is 0.219. The van der Waals surface area contributed by atoms with Crippen LogP contribution in [0, 0.1) is 5.92 Å². The van der Waals surface area contributed by atoms with E-state index in [2.05, 4.69) is 10.0 Å². The van der Waals surface area contributed by atoms with Crippen LogP contribution in [0.4, 0.5) is 5.69 Å². The van der Waals surface area contributed by atoms with Crippen molar-refractivity contribution in [2.75, 3.05) is 39.3 Å². The monoisotopic (exact) mass is 423 g/mol. The lowest BCUT2D eigenvalue weighted by Crippen LogP contribution is -2.44. The molecule has 0 saturated carbocycles. The zero-order valence-corrected chi connectivity index (χ0v) is 17.8. The van der Waals surface area contributed by atoms with Crippen LogP contribution in [0.5, 0.6) is 17.2 Å². The Balaban J connectivity index is 1.60. The number of rotatable bonds is 5. The van der Waals surface area contributed by atoms with Crippen molar-refractivity contribution >= 4 is 17.5 Å². The first kappa shape index (κ1) is 19.8. The molecule has 8 heteroatoms. The summed E-state index contributed by atoms with van der Waals surface area (Å²) in [5.41, 5.74) is 1.37. The number of imide groups is 1. The van der Waals surface area contributed by atoms with Gasteiger partial charge < -0.3 is 14.2 Å². The standard InChI is InChI=1S/C23H25N3O5/c1-29-14-9-10-16(18(13-14)31-3)26-22(27)19-20(15-7-4-5-8-17(15)30-2)24-11-6-12-25(24)21(19)23(26)28/h4-5,7-10,13,19-21H,6,11-12H2,1-3H3/t19-,20-,21+/m0/s1. The highest BCUT2D eigenvalue weighted by Gasteiger charge is 2.63. The summed E-state index contributed by atoms with van der Waals surface area (Å²) in [5, 5.41) is 4.24. The summed E-state index contributed by atoms with van der Waals surface area (Å²) in [6.45, 7) is 1.56. The quantitative estimate of drug-likeness (QED) is 0.683. The second-order valence-corrected chi connectivity index (χ2v) is 7.89. The molecule has 0 N–H and O–H groups in total. The molecular weight excluding hydrogens is 398 g/mol. The van der Waals surface area contributed by atoms with Crippen LogP contribution in [-0.4, -0.2) is 62.3 Å². The summed E-state index contributed by atoms with van der Waals surface area (Å²) < 4.78 is 16.3. The third-order valence-electron chi connectivity index (χ3n) is 6.49. The lowest BCUT2D eigenvalue weighted by molar-refractivity contribution is -0.126. The number of hydrazine groups is 1. The predicted octanol–water partition coefficient (Wildman–Crippen LogP) is 2.25. The van der Waals surface area contributed by atoms with Gasteiger partial charge in [0.15, 0.2) is 0 Å². The Labute approximate surface area is 180 Å². The van der Waals surface area contributed by atoms with E-state index in [-0.39, 0.29) is 17.9 Å². The van der Waals surface area contributed by atoms with Crippen molar-refractivity contribution in [3.05, 3.63) is 48.0 Å². The molecule has 0 spiro atoms. The minimum Gasteiger partial charge on any atom is -0.497 e. The summed E-state index contributed by atoms with van der Waals surface area (Å²) in [4.78, 5) is 28.7. The fourth-order valence-electron chi connectivity index (χ4n) is 5.21. The Kier molecular flexibility index (Phi) is 4.83. The fraction of sp³-hybridized carbons (Fsp3) is 0.391. The number of hydrogen-bond acceptors (Lipinski definition) is 7. The smallest absolute Gasteiger partial charge is 0.253 e. The molecule has 8 nitrogen and oxygen atoms in total. The van der Waals surface area contributed by atoms with Crippen molar-refractivity contribution < 1.29 is 23.8 Å². The molecule has 0 aromatic heterocycles. The summed E-state index contributed by atoms with van der Waals surface area (Å²) in [6, 6.07) is 12.1. The van der Waals surface area contributed by atoms with Gasteiger partial charge in [-0.05, 0) is 24.6 Å². The molecule has 2 aromatic carbocycles. The van der Waals surface area contributed by atoms with Gasteiger partial charge in [0.2, 0.25) is 5.91 Å². The van der Waals surface area contributed by atoms with Crippen LogP contribution >= 0.6 is 0 Å². The van der Waals surface area contributed by atoms with Crippen LogP contribution in [0.1, 0.15) is 18.0 Å². The molecule has 0 radical (unpaired) electrons. The Morgan fingerprint density at radius 3 is 2.23 bits per heavy atom. The van der Waals surface area contributed by atoms with E-state index in [4.69, 9.17) is 14.2 Å². The number of carbonyl (C=O) groups excluding carboxylic acids is 2. The van der Waals surface area contributed by atoms with E-state index in [0.29, 0.717) is 17.2 Å². The maximum atomic E-state index is 13.8. The number of amides is 2. The molecule has 0 unspecified atom stereocenters. The van der Waals surface area contributed by atoms with E-state index >= 15 is 0 Å². The van der Waals surface area contributed by atoms with Crippen LogP contribution < -0.4 is 19.1 Å². The highest BCUT2D eigenvalue weighted by atomic mass is 16.5. The largest absolute Gasteiger partial charge is 0.497 e. The van der Waals surface area contributed by atoms with Gasteiger partial charge in [0.1, 0.15) is 23.3 Å². The number of carbonyl (C=O) groups is 2. The lowest BCUT2D eigenvalue weighted by Gasteiger charge is -2.30. The number of benzene rings is 2. The van der Waals surface area contributed by atoms with Crippen LogP contribution in [0.3, 0.4) is 0 Å². The van der Waals surface area contributed by atoms with E-state index in [1.54, 1.807) is 32.4 Å². The number of hydrogen-bond donors (Lipinski definition) is 0. The molecule has 2 amide bonds. The molecule has 2 aromatic rings. The van der Waals surface area contributed by atoms with Crippen molar-refractivity contribution in [2.24, 2.45) is 5.92 Å². The minimum atomic E-state index is -0.531. The second kappa shape index (κ2) is 7.55. The Morgan fingerprint density at radius 1 is 0.806 bits per heavy atom. The molecule has 162 valence electrons. The molecule has 0 bridgehead atoms. The van der Waals surface area contributed by atoms with Crippen LogP contribution in [-0.2, 0) is 9.59 Å². The van der Waals surface area contributed by atoms with Crippen LogP contribution in [0.25, 0.3) is 0 Å². The van der Waals surface area contributed by atoms with Gasteiger partial charge >= 0.3 is 0 Å². The number of nitrogens with zero attached hydrogens (tertiary/aromatic N) is 3. The topological polar surface area (TPSA) is 71.6 Å². The fourth-order valence-corrected chi connectivity index (χ4v) is 5.21. The van der Waals surface area contributed by atoms with Gasteiger partial charge in [-0.15, -0.1) is 0 Å². The summed E-state index contributed by atoms with van der Waals surface area (Å²) in [6.07, 6.45) is 0.947.